The van der Waals surface area contributed by atoms with E-state index in [2.05, 4.69) is 179 Å². The van der Waals surface area contributed by atoms with Crippen molar-refractivity contribution in [3.05, 3.63) is 174 Å². The van der Waals surface area contributed by atoms with Gasteiger partial charge in [-0.15, -0.1) is 0 Å². The van der Waals surface area contributed by atoms with Crippen molar-refractivity contribution in [2.24, 2.45) is 0 Å². The molecule has 5 aromatic rings. The summed E-state index contributed by atoms with van der Waals surface area (Å²) in [6, 6.07) is 50.0. The van der Waals surface area contributed by atoms with Crippen molar-refractivity contribution < 1.29 is 16.5 Å². The van der Waals surface area contributed by atoms with Gasteiger partial charge in [-0.2, -0.15) is 0 Å². The summed E-state index contributed by atoms with van der Waals surface area (Å²) in [5.41, 5.74) is 5.72. The van der Waals surface area contributed by atoms with Crippen LogP contribution in [-0.4, -0.2) is 6.15 Å². The van der Waals surface area contributed by atoms with Crippen molar-refractivity contribution in [2.75, 3.05) is 0 Å². The Kier molecular flexibility index (Phi) is 14.1. The molecule has 0 atom stereocenters. The van der Waals surface area contributed by atoms with E-state index < -0.39 is 15.6 Å². The molecule has 0 radical (unpaired) electrons. The SMILES string of the molecule is C1=C\CC/C=C\CC/1.Cc1cc(C)c(B([PH+](c2ccccc2)c2ccccc2)[PH+](c2ccccc2)c2ccccc2)c(C)c1.[Ni]. The van der Waals surface area contributed by atoms with E-state index in [0.29, 0.717) is 6.15 Å². The second-order valence-corrected chi connectivity index (χ2v) is 17.3. The Balaban J connectivity index is 0.000000447. The van der Waals surface area contributed by atoms with E-state index in [-0.39, 0.29) is 16.5 Å². The van der Waals surface area contributed by atoms with E-state index in [1.54, 1.807) is 5.46 Å². The molecular formula is C41H45BNiP2+2. The molecule has 0 amide bonds. The summed E-state index contributed by atoms with van der Waals surface area (Å²) in [5.74, 6) is 0. The molecule has 0 N–H and O–H groups in total. The average Bonchev–Trinajstić information content (AvgIpc) is 3.03. The monoisotopic (exact) mass is 668 g/mol. The molecular weight excluding hydrogens is 624 g/mol. The van der Waals surface area contributed by atoms with Crippen LogP contribution in [0, 0.1) is 20.8 Å². The molecule has 1 aliphatic rings. The van der Waals surface area contributed by atoms with Crippen LogP contribution in [-0.2, 0) is 16.5 Å². The molecule has 0 fully saturated rings. The Morgan fingerprint density at radius 2 is 0.689 bits per heavy atom. The summed E-state index contributed by atoms with van der Waals surface area (Å²) in [6.45, 7) is 6.87. The average molecular weight is 669 g/mol. The van der Waals surface area contributed by atoms with Crippen LogP contribution in [0.25, 0.3) is 0 Å². The van der Waals surface area contributed by atoms with Gasteiger partial charge in [-0.25, -0.2) is 0 Å². The number of benzene rings is 5. The maximum absolute atomic E-state index is 2.39. The minimum atomic E-state index is -1.19. The van der Waals surface area contributed by atoms with Gasteiger partial charge in [-0.1, -0.05) is 115 Å². The maximum atomic E-state index is 2.39. The second-order valence-electron chi connectivity index (χ2n) is 11.6. The van der Waals surface area contributed by atoms with Gasteiger partial charge >= 0.3 is 6.15 Å². The van der Waals surface area contributed by atoms with Crippen LogP contribution in [0.3, 0.4) is 0 Å². The van der Waals surface area contributed by atoms with E-state index in [1.165, 1.54) is 63.6 Å². The van der Waals surface area contributed by atoms with Gasteiger partial charge in [0, 0.05) is 22.0 Å². The van der Waals surface area contributed by atoms with E-state index in [9.17, 15) is 0 Å². The third-order valence-electron chi connectivity index (χ3n) is 8.28. The molecule has 5 aromatic carbocycles. The summed E-state index contributed by atoms with van der Waals surface area (Å²) < 4.78 is 0. The van der Waals surface area contributed by atoms with Gasteiger partial charge in [0.1, 0.15) is 0 Å². The molecule has 45 heavy (non-hydrogen) atoms. The predicted octanol–water partition coefficient (Wildman–Crippen LogP) is 8.71. The molecule has 0 nitrogen and oxygen atoms in total. The van der Waals surface area contributed by atoms with Crippen LogP contribution in [0.4, 0.5) is 0 Å². The zero-order chi connectivity index (χ0) is 30.6. The Morgan fingerprint density at radius 3 is 0.956 bits per heavy atom. The zero-order valence-electron chi connectivity index (χ0n) is 26.7. The Bertz CT molecular complexity index is 1430. The standard InChI is InChI=1S/C33H31BP2.C8H12.Ni/c1-26-24-27(2)33(28(3)25-26)34(35(29-16-8-4-9-17-29)30-18-10-5-11-19-30)36(31-20-12-6-13-21-31)32-22-14-7-15-23-32;1-2-4-6-8-7-5-3-1;/h4-25H,1-3H3;1-2,7-8H,3-6H2;/p+2/b;2-1-,8-7-;. The summed E-state index contributed by atoms with van der Waals surface area (Å²) in [5, 5.41) is 5.92. The summed E-state index contributed by atoms with van der Waals surface area (Å²) in [7, 11) is -2.39. The topological polar surface area (TPSA) is 0 Å². The third kappa shape index (κ3) is 9.50. The predicted molar refractivity (Wildman–Crippen MR) is 204 cm³/mol. The summed E-state index contributed by atoms with van der Waals surface area (Å²) >= 11 is 0. The molecule has 0 spiro atoms. The molecule has 1 aliphatic carbocycles. The molecule has 0 saturated heterocycles. The second kappa shape index (κ2) is 18.2. The maximum Gasteiger partial charge on any atom is 0.574 e. The van der Waals surface area contributed by atoms with Crippen molar-refractivity contribution in [2.45, 2.75) is 46.5 Å². The number of hydrogen-bond acceptors (Lipinski definition) is 0. The van der Waals surface area contributed by atoms with Gasteiger partial charge in [0.15, 0.2) is 0 Å². The Hall–Kier alpha value is -3.00. The number of rotatable bonds is 7. The molecule has 0 aliphatic heterocycles. The molecule has 0 unspecified atom stereocenters. The molecule has 6 rings (SSSR count). The largest absolute Gasteiger partial charge is 0.574 e. The summed E-state index contributed by atoms with van der Waals surface area (Å²) in [4.78, 5) is 0. The van der Waals surface area contributed by atoms with Crippen molar-refractivity contribution in [3.63, 3.8) is 0 Å². The van der Waals surface area contributed by atoms with Crippen LogP contribution < -0.4 is 26.7 Å². The minimum absolute atomic E-state index is 0. The van der Waals surface area contributed by atoms with E-state index >= 15 is 0 Å². The first-order valence-corrected chi connectivity index (χ1v) is 19.1. The molecule has 4 heteroatoms. The normalized spacial score (nSPS) is 13.9. The fourth-order valence-corrected chi connectivity index (χ4v) is 15.3. The fraction of sp³-hybridized carbons (Fsp3) is 0.171. The molecule has 0 bridgehead atoms. The van der Waals surface area contributed by atoms with Gasteiger partial charge in [0.2, 0.25) is 0 Å². The van der Waals surface area contributed by atoms with Crippen LogP contribution in [0.15, 0.2) is 158 Å². The minimum Gasteiger partial charge on any atom is -0.0882 e. The van der Waals surface area contributed by atoms with E-state index in [1.807, 2.05) is 0 Å². The quantitative estimate of drug-likeness (QED) is 0.0925. The number of allylic oxidation sites excluding steroid dienone is 4. The van der Waals surface area contributed by atoms with Crippen molar-refractivity contribution in [3.8, 4) is 0 Å². The summed E-state index contributed by atoms with van der Waals surface area (Å²) in [6.07, 6.45) is 14.4. The van der Waals surface area contributed by atoms with E-state index in [0.717, 1.165) is 0 Å². The van der Waals surface area contributed by atoms with Gasteiger partial charge in [-0.3, -0.25) is 0 Å². The Morgan fingerprint density at radius 1 is 0.422 bits per heavy atom. The van der Waals surface area contributed by atoms with Crippen LogP contribution in [0.5, 0.6) is 0 Å². The van der Waals surface area contributed by atoms with Gasteiger partial charge < -0.3 is 0 Å². The van der Waals surface area contributed by atoms with Gasteiger partial charge in [-0.05, 0) is 106 Å². The first-order valence-electron chi connectivity index (χ1n) is 16.0. The van der Waals surface area contributed by atoms with Gasteiger partial charge in [0.25, 0.3) is 0 Å². The molecule has 230 valence electrons. The smallest absolute Gasteiger partial charge is 0.0882 e. The van der Waals surface area contributed by atoms with Crippen LogP contribution in [0.2, 0.25) is 0 Å². The number of aryl methyl sites for hydroxylation is 3. The molecule has 0 aromatic heterocycles. The van der Waals surface area contributed by atoms with Crippen LogP contribution >= 0.6 is 15.6 Å². The van der Waals surface area contributed by atoms with Crippen molar-refractivity contribution in [1.29, 1.82) is 0 Å². The first-order chi connectivity index (χ1) is 21.6. The van der Waals surface area contributed by atoms with Gasteiger partial charge in [0.05, 0.1) is 36.8 Å². The first kappa shape index (κ1) is 34.9. The zero-order valence-corrected chi connectivity index (χ0v) is 29.7. The molecule has 0 saturated carbocycles. The van der Waals surface area contributed by atoms with Crippen LogP contribution in [0.1, 0.15) is 42.4 Å². The fourth-order valence-electron chi connectivity index (χ4n) is 6.41. The molecule has 0 heterocycles. The number of hydrogen-bond donors (Lipinski definition) is 0. The van der Waals surface area contributed by atoms with Crippen molar-refractivity contribution >= 4 is 48.4 Å². The third-order valence-corrected chi connectivity index (χ3v) is 15.6. The Labute approximate surface area is 284 Å². The van der Waals surface area contributed by atoms with Crippen molar-refractivity contribution in [1.82, 2.24) is 0 Å². The van der Waals surface area contributed by atoms with E-state index in [4.69, 9.17) is 0 Å².